The Kier molecular flexibility index (Phi) is 3.75. The van der Waals surface area contributed by atoms with E-state index in [2.05, 4.69) is 17.4 Å². The van der Waals surface area contributed by atoms with Gasteiger partial charge in [-0.1, -0.05) is 54.6 Å². The molecule has 0 saturated heterocycles. The lowest BCUT2D eigenvalue weighted by atomic mass is 9.97. The van der Waals surface area contributed by atoms with Crippen LogP contribution in [0.2, 0.25) is 0 Å². The lowest BCUT2D eigenvalue weighted by molar-refractivity contribution is 0.474. The molecule has 0 fully saturated rings. The molecule has 3 heteroatoms. The van der Waals surface area contributed by atoms with Crippen LogP contribution in [0.5, 0.6) is 5.75 Å². The van der Waals surface area contributed by atoms with Crippen molar-refractivity contribution in [3.8, 4) is 5.75 Å². The van der Waals surface area contributed by atoms with Crippen molar-refractivity contribution < 1.29 is 5.11 Å². The smallest absolute Gasteiger partial charge is 0.124 e. The Bertz CT molecular complexity index is 887. The van der Waals surface area contributed by atoms with Gasteiger partial charge in [0.2, 0.25) is 0 Å². The molecule has 1 aliphatic rings. The lowest BCUT2D eigenvalue weighted by Gasteiger charge is -2.19. The first-order valence-electron chi connectivity index (χ1n) is 8.08. The third-order valence-electron chi connectivity index (χ3n) is 4.30. The Morgan fingerprint density at radius 1 is 0.833 bits per heavy atom. The van der Waals surface area contributed by atoms with E-state index in [1.54, 1.807) is 6.07 Å². The molecule has 0 radical (unpaired) electrons. The third-order valence-corrected chi connectivity index (χ3v) is 4.30. The van der Waals surface area contributed by atoms with Gasteiger partial charge in [-0.25, -0.2) is 0 Å². The molecule has 3 aromatic rings. The largest absolute Gasteiger partial charge is 0.507 e. The normalized spacial score (nSPS) is 16.5. The number of nitrogens with one attached hydrogen (secondary N) is 1. The molecule has 1 unspecified atom stereocenters. The molecule has 0 bridgehead atoms. The molecule has 1 atom stereocenters. The second-order valence-electron chi connectivity index (χ2n) is 5.90. The molecule has 1 heterocycles. The summed E-state index contributed by atoms with van der Waals surface area (Å²) in [6.07, 6.45) is 0.705. The maximum absolute atomic E-state index is 10.3. The number of hydrogen-bond donors (Lipinski definition) is 2. The molecule has 118 valence electrons. The number of aromatic hydroxyl groups is 1. The summed E-state index contributed by atoms with van der Waals surface area (Å²) in [6, 6.07) is 25.9. The number of rotatable bonds is 2. The highest BCUT2D eigenvalue weighted by atomic mass is 16.3. The van der Waals surface area contributed by atoms with Gasteiger partial charge in [0.1, 0.15) is 5.75 Å². The van der Waals surface area contributed by atoms with Gasteiger partial charge in [0, 0.05) is 12.0 Å². The summed E-state index contributed by atoms with van der Waals surface area (Å²) >= 11 is 0. The summed E-state index contributed by atoms with van der Waals surface area (Å²) < 4.78 is 0. The van der Waals surface area contributed by atoms with Crippen LogP contribution in [0.25, 0.3) is 0 Å². The minimum absolute atomic E-state index is 0.105. The predicted octanol–water partition coefficient (Wildman–Crippen LogP) is 5.07. The summed E-state index contributed by atoms with van der Waals surface area (Å²) in [5.41, 5.74) is 4.79. The number of fused-ring (bicyclic) bond motifs is 1. The summed E-state index contributed by atoms with van der Waals surface area (Å²) in [7, 11) is 0. The Hall–Kier alpha value is -3.07. The van der Waals surface area contributed by atoms with Crippen molar-refractivity contribution in [2.75, 3.05) is 5.32 Å². The highest BCUT2D eigenvalue weighted by Gasteiger charge is 2.22. The number of phenolic OH excluding ortho intramolecular Hbond substituents is 1. The van der Waals surface area contributed by atoms with Gasteiger partial charge in [0.05, 0.1) is 23.1 Å². The van der Waals surface area contributed by atoms with Crippen LogP contribution in [0.4, 0.5) is 11.4 Å². The Morgan fingerprint density at radius 2 is 1.54 bits per heavy atom. The molecule has 0 aromatic heterocycles. The summed E-state index contributed by atoms with van der Waals surface area (Å²) in [4.78, 5) is 4.84. The average Bonchev–Trinajstić information content (AvgIpc) is 2.82. The van der Waals surface area contributed by atoms with Crippen LogP contribution in [-0.2, 0) is 0 Å². The molecule has 0 amide bonds. The lowest BCUT2D eigenvalue weighted by Crippen LogP contribution is -2.14. The van der Waals surface area contributed by atoms with Gasteiger partial charge in [-0.15, -0.1) is 0 Å². The van der Waals surface area contributed by atoms with E-state index in [-0.39, 0.29) is 11.8 Å². The van der Waals surface area contributed by atoms with Gasteiger partial charge in [0.15, 0.2) is 0 Å². The standard InChI is InChI=1S/C21H18N2O/c24-21-13-7-4-10-16(21)20-14-19(15-8-2-1-3-9-15)22-17-11-5-6-12-18(17)23-20/h1-13,19,22,24H,14H2. The van der Waals surface area contributed by atoms with Crippen LogP contribution in [0, 0.1) is 0 Å². The van der Waals surface area contributed by atoms with Crippen LogP contribution in [0.15, 0.2) is 83.9 Å². The van der Waals surface area contributed by atoms with Crippen molar-refractivity contribution in [1.29, 1.82) is 0 Å². The zero-order chi connectivity index (χ0) is 16.4. The second-order valence-corrected chi connectivity index (χ2v) is 5.90. The first-order chi connectivity index (χ1) is 11.8. The molecule has 1 aliphatic heterocycles. The fraction of sp³-hybridized carbons (Fsp3) is 0.0952. The van der Waals surface area contributed by atoms with Gasteiger partial charge in [-0.05, 0) is 29.8 Å². The first-order valence-corrected chi connectivity index (χ1v) is 8.08. The van der Waals surface area contributed by atoms with Crippen LogP contribution in [0.1, 0.15) is 23.6 Å². The van der Waals surface area contributed by atoms with Crippen molar-refractivity contribution in [3.63, 3.8) is 0 Å². The molecule has 0 aliphatic carbocycles. The van der Waals surface area contributed by atoms with E-state index >= 15 is 0 Å². The van der Waals surface area contributed by atoms with Crippen molar-refractivity contribution in [3.05, 3.63) is 90.0 Å². The van der Waals surface area contributed by atoms with Crippen LogP contribution >= 0.6 is 0 Å². The summed E-state index contributed by atoms with van der Waals surface area (Å²) in [5, 5.41) is 13.9. The zero-order valence-corrected chi connectivity index (χ0v) is 13.2. The summed E-state index contributed by atoms with van der Waals surface area (Å²) in [5.74, 6) is 0.266. The zero-order valence-electron chi connectivity index (χ0n) is 13.2. The second kappa shape index (κ2) is 6.20. The number of aliphatic imine (C=N–C) groups is 1. The maximum Gasteiger partial charge on any atom is 0.124 e. The van der Waals surface area contributed by atoms with Crippen LogP contribution in [0.3, 0.4) is 0 Å². The molecule has 2 N–H and O–H groups in total. The SMILES string of the molecule is Oc1ccccc1C1=Nc2ccccc2NC(c2ccccc2)C1. The number of nitrogens with zero attached hydrogens (tertiary/aromatic N) is 1. The number of phenols is 1. The van der Waals surface area contributed by atoms with Gasteiger partial charge in [-0.3, -0.25) is 4.99 Å². The van der Waals surface area contributed by atoms with Crippen molar-refractivity contribution in [1.82, 2.24) is 0 Å². The maximum atomic E-state index is 10.3. The number of benzene rings is 3. The van der Waals surface area contributed by atoms with E-state index in [0.29, 0.717) is 6.42 Å². The molecular formula is C21H18N2O. The topological polar surface area (TPSA) is 44.6 Å². The third kappa shape index (κ3) is 2.76. The Labute approximate surface area is 141 Å². The van der Waals surface area contributed by atoms with E-state index in [1.165, 1.54) is 5.56 Å². The monoisotopic (exact) mass is 314 g/mol. The van der Waals surface area contributed by atoms with Gasteiger partial charge in [-0.2, -0.15) is 0 Å². The fourth-order valence-electron chi connectivity index (χ4n) is 3.09. The predicted molar refractivity (Wildman–Crippen MR) is 98.2 cm³/mol. The van der Waals surface area contributed by atoms with E-state index in [1.807, 2.05) is 60.7 Å². The Balaban J connectivity index is 1.83. The van der Waals surface area contributed by atoms with E-state index in [4.69, 9.17) is 4.99 Å². The van der Waals surface area contributed by atoms with Crippen molar-refractivity contribution in [2.24, 2.45) is 4.99 Å². The van der Waals surface area contributed by atoms with Crippen LogP contribution < -0.4 is 5.32 Å². The number of hydrogen-bond acceptors (Lipinski definition) is 3. The van der Waals surface area contributed by atoms with Gasteiger partial charge < -0.3 is 10.4 Å². The Morgan fingerprint density at radius 3 is 2.38 bits per heavy atom. The van der Waals surface area contributed by atoms with Gasteiger partial charge in [0.25, 0.3) is 0 Å². The van der Waals surface area contributed by atoms with E-state index in [9.17, 15) is 5.11 Å². The van der Waals surface area contributed by atoms with E-state index in [0.717, 1.165) is 22.6 Å². The minimum atomic E-state index is 0.105. The summed E-state index contributed by atoms with van der Waals surface area (Å²) in [6.45, 7) is 0. The molecule has 0 spiro atoms. The molecule has 24 heavy (non-hydrogen) atoms. The van der Waals surface area contributed by atoms with Crippen LogP contribution in [-0.4, -0.2) is 10.8 Å². The van der Waals surface area contributed by atoms with Crippen molar-refractivity contribution >= 4 is 17.1 Å². The number of anilines is 1. The average molecular weight is 314 g/mol. The quantitative estimate of drug-likeness (QED) is 0.693. The molecule has 4 rings (SSSR count). The highest BCUT2D eigenvalue weighted by molar-refractivity contribution is 6.05. The number of para-hydroxylation sites is 3. The van der Waals surface area contributed by atoms with Crippen molar-refractivity contribution in [2.45, 2.75) is 12.5 Å². The minimum Gasteiger partial charge on any atom is -0.507 e. The highest BCUT2D eigenvalue weighted by Crippen LogP contribution is 2.36. The van der Waals surface area contributed by atoms with Gasteiger partial charge >= 0.3 is 0 Å². The van der Waals surface area contributed by atoms with E-state index < -0.39 is 0 Å². The fourth-order valence-corrected chi connectivity index (χ4v) is 3.09. The molecule has 3 nitrogen and oxygen atoms in total. The molecular weight excluding hydrogens is 296 g/mol. The first kappa shape index (κ1) is 14.5. The molecule has 0 saturated carbocycles. The molecule has 3 aromatic carbocycles.